The number of fused-ring (bicyclic) bond motifs is 1. The van der Waals surface area contributed by atoms with E-state index in [1.165, 1.54) is 0 Å². The predicted octanol–water partition coefficient (Wildman–Crippen LogP) is 4.03. The fourth-order valence-electron chi connectivity index (χ4n) is 3.22. The van der Waals surface area contributed by atoms with Crippen molar-refractivity contribution >= 4 is 40.8 Å². The monoisotopic (exact) mass is 483 g/mol. The lowest BCUT2D eigenvalue weighted by molar-refractivity contribution is 0.178. The molecule has 0 fully saturated rings. The van der Waals surface area contributed by atoms with Crippen LogP contribution in [0.4, 0.5) is 0 Å². The van der Waals surface area contributed by atoms with Crippen LogP contribution in [0.25, 0.3) is 10.9 Å². The van der Waals surface area contributed by atoms with Gasteiger partial charge < -0.3 is 10.6 Å². The number of hydrogen-bond acceptors (Lipinski definition) is 3. The van der Waals surface area contributed by atoms with Crippen LogP contribution in [0.5, 0.6) is 0 Å². The molecule has 6 heteroatoms. The van der Waals surface area contributed by atoms with Gasteiger partial charge in [-0.15, -0.1) is 24.0 Å². The minimum atomic E-state index is 0. The Balaban J connectivity index is 0.00000364. The first kappa shape index (κ1) is 23.6. The van der Waals surface area contributed by atoms with Crippen LogP contribution in [0.2, 0.25) is 0 Å². The molecule has 1 aromatic carbocycles. The Morgan fingerprint density at radius 1 is 1.07 bits per heavy atom. The number of rotatable bonds is 8. The second-order valence-electron chi connectivity index (χ2n) is 7.04. The lowest BCUT2D eigenvalue weighted by atomic mass is 10.1. The third-order valence-corrected chi connectivity index (χ3v) is 4.46. The maximum Gasteiger partial charge on any atom is 0.191 e. The van der Waals surface area contributed by atoms with E-state index in [1.807, 2.05) is 12.3 Å². The average molecular weight is 483 g/mol. The Morgan fingerprint density at radius 3 is 2.44 bits per heavy atom. The zero-order chi connectivity index (χ0) is 18.9. The molecule has 0 amide bonds. The van der Waals surface area contributed by atoms with E-state index < -0.39 is 0 Å². The lowest BCUT2D eigenvalue weighted by Crippen LogP contribution is -2.45. The Morgan fingerprint density at radius 2 is 1.78 bits per heavy atom. The molecule has 0 atom stereocenters. The molecular weight excluding hydrogens is 449 g/mol. The summed E-state index contributed by atoms with van der Waals surface area (Å²) in [6.07, 6.45) is 1.84. The van der Waals surface area contributed by atoms with Crippen LogP contribution in [0.1, 0.15) is 40.2 Å². The van der Waals surface area contributed by atoms with Gasteiger partial charge in [0.25, 0.3) is 0 Å². The molecule has 0 unspecified atom stereocenters. The van der Waals surface area contributed by atoms with Gasteiger partial charge in [0, 0.05) is 43.3 Å². The summed E-state index contributed by atoms with van der Waals surface area (Å²) in [7, 11) is 0. The van der Waals surface area contributed by atoms with E-state index >= 15 is 0 Å². The summed E-state index contributed by atoms with van der Waals surface area (Å²) in [5.41, 5.74) is 2.17. The summed E-state index contributed by atoms with van der Waals surface area (Å²) in [5.74, 6) is 0.855. The summed E-state index contributed by atoms with van der Waals surface area (Å²) in [5, 5.41) is 7.94. The number of halogens is 1. The van der Waals surface area contributed by atoms with Crippen LogP contribution in [-0.2, 0) is 6.54 Å². The van der Waals surface area contributed by atoms with E-state index in [0.29, 0.717) is 18.6 Å². The van der Waals surface area contributed by atoms with E-state index in [-0.39, 0.29) is 24.0 Å². The molecule has 0 bridgehead atoms. The summed E-state index contributed by atoms with van der Waals surface area (Å²) in [6, 6.07) is 11.4. The number of hydrogen-bond donors (Lipinski definition) is 2. The van der Waals surface area contributed by atoms with Gasteiger partial charge in [-0.3, -0.25) is 9.88 Å². The minimum Gasteiger partial charge on any atom is -0.357 e. The Kier molecular flexibility index (Phi) is 10.6. The zero-order valence-electron chi connectivity index (χ0n) is 17.2. The van der Waals surface area contributed by atoms with Crippen LogP contribution in [0, 0.1) is 0 Å². The quantitative estimate of drug-likeness (QED) is 0.338. The molecule has 5 nitrogen and oxygen atoms in total. The Labute approximate surface area is 181 Å². The zero-order valence-corrected chi connectivity index (χ0v) is 19.5. The minimum absolute atomic E-state index is 0. The first-order valence-corrected chi connectivity index (χ1v) is 9.63. The molecule has 0 aliphatic carbocycles. The van der Waals surface area contributed by atoms with Crippen molar-refractivity contribution in [2.24, 2.45) is 4.99 Å². The van der Waals surface area contributed by atoms with Crippen molar-refractivity contribution < 1.29 is 0 Å². The normalized spacial score (nSPS) is 11.9. The van der Waals surface area contributed by atoms with Crippen molar-refractivity contribution in [2.45, 2.75) is 53.2 Å². The number of aliphatic imine (C=N–C) groups is 1. The highest BCUT2D eigenvalue weighted by molar-refractivity contribution is 14.0. The summed E-state index contributed by atoms with van der Waals surface area (Å²) >= 11 is 0. The number of guanidine groups is 1. The van der Waals surface area contributed by atoms with Crippen LogP contribution in [-0.4, -0.2) is 47.6 Å². The van der Waals surface area contributed by atoms with Gasteiger partial charge in [-0.1, -0.05) is 24.3 Å². The van der Waals surface area contributed by atoms with Crippen molar-refractivity contribution in [3.63, 3.8) is 0 Å². The number of pyridine rings is 1. The largest absolute Gasteiger partial charge is 0.357 e. The lowest BCUT2D eigenvalue weighted by Gasteiger charge is -2.30. The third-order valence-electron chi connectivity index (χ3n) is 4.46. The van der Waals surface area contributed by atoms with Gasteiger partial charge >= 0.3 is 0 Å². The van der Waals surface area contributed by atoms with Gasteiger partial charge in [-0.25, -0.2) is 4.99 Å². The Hall–Kier alpha value is -1.41. The second kappa shape index (κ2) is 12.1. The highest BCUT2D eigenvalue weighted by Gasteiger charge is 2.12. The number of benzene rings is 1. The molecular formula is C21H34IN5. The average Bonchev–Trinajstić information content (AvgIpc) is 2.62. The highest BCUT2D eigenvalue weighted by Crippen LogP contribution is 2.16. The molecule has 2 rings (SSSR count). The number of nitrogens with one attached hydrogen (secondary N) is 2. The van der Waals surface area contributed by atoms with E-state index in [2.05, 4.69) is 79.4 Å². The number of para-hydroxylation sites is 1. The molecule has 1 aromatic heterocycles. The molecule has 0 aliphatic rings. The predicted molar refractivity (Wildman–Crippen MR) is 127 cm³/mol. The van der Waals surface area contributed by atoms with Gasteiger partial charge in [0.1, 0.15) is 0 Å². The number of aromatic nitrogens is 1. The van der Waals surface area contributed by atoms with Crippen molar-refractivity contribution in [2.75, 3.05) is 19.6 Å². The fraction of sp³-hybridized carbons (Fsp3) is 0.524. The summed E-state index contributed by atoms with van der Waals surface area (Å²) in [6.45, 7) is 14.4. The third kappa shape index (κ3) is 7.25. The van der Waals surface area contributed by atoms with Gasteiger partial charge in [0.2, 0.25) is 0 Å². The maximum atomic E-state index is 4.76. The van der Waals surface area contributed by atoms with Crippen LogP contribution in [0.15, 0.2) is 41.5 Å². The van der Waals surface area contributed by atoms with Crippen LogP contribution >= 0.6 is 24.0 Å². The van der Waals surface area contributed by atoms with Gasteiger partial charge in [-0.2, -0.15) is 0 Å². The molecule has 0 saturated heterocycles. The SMILES string of the molecule is CCNC(=NCc1cccc2cccnc12)NCCN(C(C)C)C(C)C.I. The second-order valence-corrected chi connectivity index (χ2v) is 7.04. The van der Waals surface area contributed by atoms with Crippen molar-refractivity contribution in [3.05, 3.63) is 42.1 Å². The topological polar surface area (TPSA) is 52.6 Å². The highest BCUT2D eigenvalue weighted by atomic mass is 127. The molecule has 0 saturated carbocycles. The van der Waals surface area contributed by atoms with E-state index in [4.69, 9.17) is 4.99 Å². The van der Waals surface area contributed by atoms with Crippen LogP contribution < -0.4 is 10.6 Å². The molecule has 27 heavy (non-hydrogen) atoms. The van der Waals surface area contributed by atoms with Gasteiger partial charge in [0.05, 0.1) is 12.1 Å². The van der Waals surface area contributed by atoms with Crippen molar-refractivity contribution in [1.29, 1.82) is 0 Å². The first-order valence-electron chi connectivity index (χ1n) is 9.63. The molecule has 1 heterocycles. The molecule has 2 aromatic rings. The van der Waals surface area contributed by atoms with Gasteiger partial charge in [-0.05, 0) is 46.2 Å². The standard InChI is InChI=1S/C21H33N5.HI/c1-6-22-21(24-13-14-26(16(2)3)17(4)5)25-15-19-10-7-9-18-11-8-12-23-20(18)19;/h7-12,16-17H,6,13-15H2,1-5H3,(H2,22,24,25);1H. The summed E-state index contributed by atoms with van der Waals surface area (Å²) < 4.78 is 0. The van der Waals surface area contributed by atoms with E-state index in [1.54, 1.807) is 0 Å². The first-order chi connectivity index (χ1) is 12.5. The maximum absolute atomic E-state index is 4.76. The van der Waals surface area contributed by atoms with E-state index in [0.717, 1.165) is 42.1 Å². The molecule has 0 spiro atoms. The fourth-order valence-corrected chi connectivity index (χ4v) is 3.22. The number of nitrogens with zero attached hydrogens (tertiary/aromatic N) is 3. The van der Waals surface area contributed by atoms with Gasteiger partial charge in [0.15, 0.2) is 5.96 Å². The molecule has 0 radical (unpaired) electrons. The molecule has 2 N–H and O–H groups in total. The summed E-state index contributed by atoms with van der Waals surface area (Å²) in [4.78, 5) is 11.7. The van der Waals surface area contributed by atoms with Crippen molar-refractivity contribution in [1.82, 2.24) is 20.5 Å². The Bertz CT molecular complexity index is 701. The smallest absolute Gasteiger partial charge is 0.191 e. The van der Waals surface area contributed by atoms with Crippen LogP contribution in [0.3, 0.4) is 0 Å². The molecule has 150 valence electrons. The molecule has 0 aliphatic heterocycles. The van der Waals surface area contributed by atoms with Crippen molar-refractivity contribution in [3.8, 4) is 0 Å². The van der Waals surface area contributed by atoms with E-state index in [9.17, 15) is 0 Å².